The van der Waals surface area contributed by atoms with Crippen LogP contribution in [-0.4, -0.2) is 14.9 Å². The van der Waals surface area contributed by atoms with Crippen molar-refractivity contribution in [2.75, 3.05) is 0 Å². The van der Waals surface area contributed by atoms with Crippen LogP contribution in [0.3, 0.4) is 0 Å². The van der Waals surface area contributed by atoms with E-state index in [0.29, 0.717) is 21.7 Å². The smallest absolute Gasteiger partial charge is 0.272 e. The second-order valence-electron chi connectivity index (χ2n) is 4.57. The van der Waals surface area contributed by atoms with Crippen LogP contribution in [0.5, 0.6) is 0 Å². The molecule has 1 N–H and O–H groups in total. The molecule has 1 aromatic heterocycles. The number of hydrogen-bond donors (Lipinski definition) is 1. The van der Waals surface area contributed by atoms with E-state index in [9.17, 15) is 10.1 Å². The van der Waals surface area contributed by atoms with Crippen molar-refractivity contribution < 1.29 is 4.92 Å². The zero-order valence-corrected chi connectivity index (χ0v) is 12.1. The Balaban J connectivity index is 2.01. The summed E-state index contributed by atoms with van der Waals surface area (Å²) in [5.41, 5.74) is 2.18. The number of aromatic nitrogens is 2. The van der Waals surface area contributed by atoms with Crippen LogP contribution < -0.4 is 0 Å². The number of benzene rings is 2. The van der Waals surface area contributed by atoms with Gasteiger partial charge < -0.3 is 4.98 Å². The number of nitrogens with one attached hydrogen (secondary N) is 1. The number of nitriles is 1. The third-order valence-electron chi connectivity index (χ3n) is 3.09. The van der Waals surface area contributed by atoms with Crippen LogP contribution >= 0.6 is 11.8 Å². The lowest BCUT2D eigenvalue weighted by Gasteiger charge is -2.03. The van der Waals surface area contributed by atoms with E-state index in [1.54, 1.807) is 0 Å². The van der Waals surface area contributed by atoms with Crippen molar-refractivity contribution in [2.45, 2.75) is 10.6 Å². The third kappa shape index (κ3) is 2.77. The molecule has 6 nitrogen and oxygen atoms in total. The van der Waals surface area contributed by atoms with Gasteiger partial charge in [0.25, 0.3) is 5.69 Å². The van der Waals surface area contributed by atoms with Crippen molar-refractivity contribution in [3.05, 3.63) is 64.0 Å². The lowest BCUT2D eigenvalue weighted by Crippen LogP contribution is -1.89. The van der Waals surface area contributed by atoms with Crippen molar-refractivity contribution in [3.8, 4) is 6.07 Å². The fourth-order valence-electron chi connectivity index (χ4n) is 2.07. The number of rotatable bonds is 4. The molecule has 0 aliphatic rings. The number of aromatic amines is 1. The highest BCUT2D eigenvalue weighted by atomic mass is 32.2. The lowest BCUT2D eigenvalue weighted by atomic mass is 10.2. The summed E-state index contributed by atoms with van der Waals surface area (Å²) in [6, 6.07) is 14.6. The fraction of sp³-hybridized carbons (Fsp3) is 0.0667. The number of hydrogen-bond acceptors (Lipinski definition) is 5. The molecule has 1 heterocycles. The number of thioether (sulfide) groups is 1. The largest absolute Gasteiger partial charge is 0.329 e. The van der Waals surface area contributed by atoms with Crippen LogP contribution in [-0.2, 0) is 5.75 Å². The summed E-state index contributed by atoms with van der Waals surface area (Å²) in [5.74, 6) is 0.823. The standard InChI is InChI=1S/C15H10N4O2S/c16-8-14-17-12-6-11(19(20)21)7-13(15(12)18-14)22-9-10-4-2-1-3-5-10/h1-7H,9H2,(H,17,18). The predicted molar refractivity (Wildman–Crippen MR) is 83.5 cm³/mol. The van der Waals surface area contributed by atoms with Crippen molar-refractivity contribution in [1.82, 2.24) is 9.97 Å². The SMILES string of the molecule is N#Cc1nc2c(SCc3ccccc3)cc([N+](=O)[O-])cc2[nH]1. The molecule has 0 saturated heterocycles. The third-order valence-corrected chi connectivity index (χ3v) is 4.19. The molecule has 22 heavy (non-hydrogen) atoms. The Kier molecular flexibility index (Phi) is 3.76. The summed E-state index contributed by atoms with van der Waals surface area (Å²) in [5, 5.41) is 20.0. The first kappa shape index (κ1) is 14.1. The van der Waals surface area contributed by atoms with Gasteiger partial charge in [0.05, 0.1) is 10.4 Å². The minimum atomic E-state index is -0.446. The van der Waals surface area contributed by atoms with E-state index >= 15 is 0 Å². The van der Waals surface area contributed by atoms with Crippen LogP contribution in [0.4, 0.5) is 5.69 Å². The van der Waals surface area contributed by atoms with Crippen molar-refractivity contribution in [3.63, 3.8) is 0 Å². The van der Waals surface area contributed by atoms with Gasteiger partial charge >= 0.3 is 0 Å². The molecular formula is C15H10N4O2S. The van der Waals surface area contributed by atoms with E-state index in [-0.39, 0.29) is 11.5 Å². The van der Waals surface area contributed by atoms with Crippen molar-refractivity contribution in [2.24, 2.45) is 0 Å². The van der Waals surface area contributed by atoms with Crippen molar-refractivity contribution >= 4 is 28.5 Å². The maximum Gasteiger partial charge on any atom is 0.272 e. The highest BCUT2D eigenvalue weighted by Crippen LogP contribution is 2.33. The summed E-state index contributed by atoms with van der Waals surface area (Å²) in [7, 11) is 0. The molecule has 0 aliphatic heterocycles. The maximum atomic E-state index is 11.0. The van der Waals surface area contributed by atoms with E-state index < -0.39 is 4.92 Å². The summed E-state index contributed by atoms with van der Waals surface area (Å²) in [4.78, 5) is 18.3. The highest BCUT2D eigenvalue weighted by molar-refractivity contribution is 7.98. The molecule has 0 bridgehead atoms. The first-order valence-corrected chi connectivity index (χ1v) is 7.41. The number of H-pyrrole nitrogens is 1. The normalized spacial score (nSPS) is 10.5. The zero-order chi connectivity index (χ0) is 15.5. The van der Waals surface area contributed by atoms with Crippen LogP contribution in [0.1, 0.15) is 11.4 Å². The predicted octanol–water partition coefficient (Wildman–Crippen LogP) is 3.64. The molecule has 0 saturated carbocycles. The van der Waals surface area contributed by atoms with Gasteiger partial charge in [0.2, 0.25) is 5.82 Å². The second-order valence-corrected chi connectivity index (χ2v) is 5.59. The number of nitrogens with zero attached hydrogens (tertiary/aromatic N) is 3. The topological polar surface area (TPSA) is 95.6 Å². The molecule has 0 fully saturated rings. The number of fused-ring (bicyclic) bond motifs is 1. The van der Waals surface area contributed by atoms with E-state index in [4.69, 9.17) is 5.26 Å². The molecular weight excluding hydrogens is 300 g/mol. The number of nitro groups is 1. The van der Waals surface area contributed by atoms with Gasteiger partial charge in [0.1, 0.15) is 11.6 Å². The highest BCUT2D eigenvalue weighted by Gasteiger charge is 2.15. The molecule has 0 spiro atoms. The molecule has 2 aromatic carbocycles. The van der Waals surface area contributed by atoms with Gasteiger partial charge in [-0.2, -0.15) is 5.26 Å². The monoisotopic (exact) mass is 310 g/mol. The molecule has 108 valence electrons. The van der Waals surface area contributed by atoms with E-state index in [2.05, 4.69) is 9.97 Å². The summed E-state index contributed by atoms with van der Waals surface area (Å²) < 4.78 is 0. The molecule has 0 atom stereocenters. The summed E-state index contributed by atoms with van der Waals surface area (Å²) in [6.45, 7) is 0. The average Bonchev–Trinajstić information content (AvgIpc) is 2.96. The Morgan fingerprint density at radius 3 is 2.77 bits per heavy atom. The van der Waals surface area contributed by atoms with Crippen LogP contribution in [0, 0.1) is 21.4 Å². The molecule has 0 aliphatic carbocycles. The quantitative estimate of drug-likeness (QED) is 0.451. The average molecular weight is 310 g/mol. The minimum absolute atomic E-state index is 0.0174. The van der Waals surface area contributed by atoms with Gasteiger partial charge in [0.15, 0.2) is 0 Å². The van der Waals surface area contributed by atoms with Gasteiger partial charge in [-0.15, -0.1) is 11.8 Å². The molecule has 3 rings (SSSR count). The summed E-state index contributed by atoms with van der Waals surface area (Å²) in [6.07, 6.45) is 0. The Bertz CT molecular complexity index is 884. The molecule has 7 heteroatoms. The van der Waals surface area contributed by atoms with Gasteiger partial charge in [-0.3, -0.25) is 10.1 Å². The minimum Gasteiger partial charge on any atom is -0.329 e. The van der Waals surface area contributed by atoms with Gasteiger partial charge in [-0.25, -0.2) is 4.98 Å². The van der Waals surface area contributed by atoms with Crippen LogP contribution in [0.15, 0.2) is 47.4 Å². The van der Waals surface area contributed by atoms with Gasteiger partial charge in [-0.05, 0) is 5.56 Å². The second kappa shape index (κ2) is 5.87. The molecule has 3 aromatic rings. The maximum absolute atomic E-state index is 11.0. The van der Waals surface area contributed by atoms with E-state index in [1.165, 1.54) is 23.9 Å². The Morgan fingerprint density at radius 2 is 2.09 bits per heavy atom. The first-order valence-electron chi connectivity index (χ1n) is 6.42. The van der Waals surface area contributed by atoms with Crippen molar-refractivity contribution in [1.29, 1.82) is 5.26 Å². The molecule has 0 radical (unpaired) electrons. The Morgan fingerprint density at radius 1 is 1.32 bits per heavy atom. The summed E-state index contributed by atoms with van der Waals surface area (Å²) >= 11 is 1.46. The lowest BCUT2D eigenvalue weighted by molar-refractivity contribution is -0.384. The molecule has 0 unspecified atom stereocenters. The number of non-ortho nitro benzene ring substituents is 1. The Labute approximate surface area is 129 Å². The van der Waals surface area contributed by atoms with Gasteiger partial charge in [0, 0.05) is 22.8 Å². The van der Waals surface area contributed by atoms with E-state index in [1.807, 2.05) is 36.4 Å². The first-order chi connectivity index (χ1) is 10.7. The zero-order valence-electron chi connectivity index (χ0n) is 11.3. The van der Waals surface area contributed by atoms with Crippen LogP contribution in [0.2, 0.25) is 0 Å². The number of nitro benzene ring substituents is 1. The number of imidazole rings is 1. The van der Waals surface area contributed by atoms with E-state index in [0.717, 1.165) is 5.56 Å². The fourth-order valence-corrected chi connectivity index (χ4v) is 3.09. The molecule has 0 amide bonds. The van der Waals surface area contributed by atoms with Gasteiger partial charge in [-0.1, -0.05) is 30.3 Å². The Hall–Kier alpha value is -2.85. The van der Waals surface area contributed by atoms with Crippen LogP contribution in [0.25, 0.3) is 11.0 Å².